The van der Waals surface area contributed by atoms with Gasteiger partial charge in [0.05, 0.1) is 6.54 Å². The van der Waals surface area contributed by atoms with Crippen LogP contribution in [0.1, 0.15) is 72.0 Å². The molecule has 1 aliphatic carbocycles. The summed E-state index contributed by atoms with van der Waals surface area (Å²) in [5, 5.41) is 10.1. The Morgan fingerprint density at radius 3 is 2.58 bits per heavy atom. The van der Waals surface area contributed by atoms with E-state index in [1.807, 2.05) is 0 Å². The molecule has 2 aliphatic rings. The van der Waals surface area contributed by atoms with Crippen LogP contribution in [-0.2, 0) is 17.9 Å². The summed E-state index contributed by atoms with van der Waals surface area (Å²) < 4.78 is 15.2. The monoisotopic (exact) mass is 455 g/mol. The molecule has 0 spiro atoms. The van der Waals surface area contributed by atoms with Gasteiger partial charge in [0.1, 0.15) is 17.1 Å². The van der Waals surface area contributed by atoms with E-state index in [2.05, 4.69) is 15.7 Å². The molecule has 33 heavy (non-hydrogen) atoms. The number of carbonyl (C=O) groups is 3. The maximum Gasteiger partial charge on any atom is 0.272 e. The number of likely N-dealkylation sites (N-methyl/N-ethyl adjacent to an activating group) is 1. The molecule has 1 unspecified atom stereocenters. The Labute approximate surface area is 192 Å². The van der Waals surface area contributed by atoms with Crippen molar-refractivity contribution >= 4 is 17.7 Å². The number of halogens is 1. The van der Waals surface area contributed by atoms with Gasteiger partial charge in [0.15, 0.2) is 5.69 Å². The van der Waals surface area contributed by atoms with Crippen molar-refractivity contribution < 1.29 is 18.8 Å². The average molecular weight is 456 g/mol. The van der Waals surface area contributed by atoms with Crippen LogP contribution in [-0.4, -0.2) is 51.0 Å². The van der Waals surface area contributed by atoms with Crippen LogP contribution >= 0.6 is 0 Å². The normalized spacial score (nSPS) is 21.3. The lowest BCUT2D eigenvalue weighted by Crippen LogP contribution is -2.63. The Morgan fingerprint density at radius 2 is 1.88 bits per heavy atom. The van der Waals surface area contributed by atoms with Gasteiger partial charge in [-0.1, -0.05) is 43.9 Å². The number of rotatable bonds is 5. The summed E-state index contributed by atoms with van der Waals surface area (Å²) in [5.74, 6) is -1.51. The molecule has 9 heteroatoms. The summed E-state index contributed by atoms with van der Waals surface area (Å²) >= 11 is 0. The van der Waals surface area contributed by atoms with Crippen LogP contribution in [0.3, 0.4) is 0 Å². The first-order valence-electron chi connectivity index (χ1n) is 11.5. The number of benzene rings is 1. The summed E-state index contributed by atoms with van der Waals surface area (Å²) in [7, 11) is 1.60. The summed E-state index contributed by atoms with van der Waals surface area (Å²) in [4.78, 5) is 40.3. The highest BCUT2D eigenvalue weighted by Crippen LogP contribution is 2.27. The van der Waals surface area contributed by atoms with Gasteiger partial charge >= 0.3 is 0 Å². The van der Waals surface area contributed by atoms with Gasteiger partial charge in [-0.2, -0.15) is 5.10 Å². The van der Waals surface area contributed by atoms with Crippen molar-refractivity contribution in [3.05, 3.63) is 53.1 Å². The third-order valence-corrected chi connectivity index (χ3v) is 6.81. The van der Waals surface area contributed by atoms with E-state index >= 15 is 0 Å². The van der Waals surface area contributed by atoms with Crippen LogP contribution < -0.4 is 10.6 Å². The molecular weight excluding hydrogens is 425 g/mol. The Morgan fingerprint density at radius 1 is 1.18 bits per heavy atom. The Balaban J connectivity index is 1.48. The van der Waals surface area contributed by atoms with Crippen LogP contribution in [0.4, 0.5) is 4.39 Å². The molecule has 1 saturated carbocycles. The molecule has 0 bridgehead atoms. The van der Waals surface area contributed by atoms with Crippen molar-refractivity contribution in [2.75, 3.05) is 7.05 Å². The molecule has 1 aromatic carbocycles. The fourth-order valence-corrected chi connectivity index (χ4v) is 4.51. The molecule has 1 aliphatic heterocycles. The van der Waals surface area contributed by atoms with Crippen LogP contribution in [0.2, 0.25) is 0 Å². The molecule has 2 aromatic rings. The molecule has 4 rings (SSSR count). The van der Waals surface area contributed by atoms with Crippen molar-refractivity contribution in [2.24, 2.45) is 0 Å². The van der Waals surface area contributed by atoms with Crippen LogP contribution in [0, 0.1) is 5.82 Å². The molecule has 0 radical (unpaired) electrons. The van der Waals surface area contributed by atoms with Crippen molar-refractivity contribution in [1.29, 1.82) is 0 Å². The number of aromatic nitrogens is 2. The largest absolute Gasteiger partial charge is 0.351 e. The number of hydrogen-bond acceptors (Lipinski definition) is 4. The van der Waals surface area contributed by atoms with Gasteiger partial charge in [-0.05, 0) is 25.8 Å². The number of hydrogen-bond donors (Lipinski definition) is 2. The number of carbonyl (C=O) groups excluding carboxylic acids is 3. The van der Waals surface area contributed by atoms with Crippen molar-refractivity contribution in [2.45, 2.75) is 70.1 Å². The van der Waals surface area contributed by atoms with E-state index in [1.165, 1.54) is 34.6 Å². The highest BCUT2D eigenvalue weighted by molar-refractivity contribution is 6.01. The van der Waals surface area contributed by atoms with Gasteiger partial charge in [-0.3, -0.25) is 19.1 Å². The van der Waals surface area contributed by atoms with E-state index < -0.39 is 17.3 Å². The van der Waals surface area contributed by atoms with E-state index in [0.717, 1.165) is 25.7 Å². The molecule has 2 N–H and O–H groups in total. The second kappa shape index (κ2) is 9.33. The fraction of sp³-hybridized carbons (Fsp3) is 0.500. The smallest absolute Gasteiger partial charge is 0.272 e. The second-order valence-corrected chi connectivity index (χ2v) is 9.15. The van der Waals surface area contributed by atoms with E-state index in [1.54, 1.807) is 32.2 Å². The summed E-state index contributed by atoms with van der Waals surface area (Å²) in [5.41, 5.74) is -0.471. The first-order valence-corrected chi connectivity index (χ1v) is 11.5. The zero-order chi connectivity index (χ0) is 23.6. The number of amides is 3. The molecule has 3 amide bonds. The predicted octanol–water partition coefficient (Wildman–Crippen LogP) is 2.64. The Bertz CT molecular complexity index is 1060. The first kappa shape index (κ1) is 22.9. The van der Waals surface area contributed by atoms with Gasteiger partial charge in [0.25, 0.3) is 11.8 Å². The topological polar surface area (TPSA) is 96.3 Å². The molecule has 8 nitrogen and oxygen atoms in total. The highest BCUT2D eigenvalue weighted by Gasteiger charge is 2.46. The van der Waals surface area contributed by atoms with E-state index in [-0.39, 0.29) is 42.3 Å². The molecule has 1 fully saturated rings. The number of fused-ring (bicyclic) bond motifs is 1. The van der Waals surface area contributed by atoms with Crippen LogP contribution in [0.15, 0.2) is 30.3 Å². The first-order chi connectivity index (χ1) is 15.8. The van der Waals surface area contributed by atoms with Gasteiger partial charge in [0, 0.05) is 31.3 Å². The highest BCUT2D eigenvalue weighted by atomic mass is 19.1. The third-order valence-electron chi connectivity index (χ3n) is 6.81. The van der Waals surface area contributed by atoms with Crippen LogP contribution in [0.25, 0.3) is 0 Å². The summed E-state index contributed by atoms with van der Waals surface area (Å²) in [6.45, 7) is 1.87. The maximum atomic E-state index is 13.8. The van der Waals surface area contributed by atoms with E-state index in [0.29, 0.717) is 5.56 Å². The molecule has 2 heterocycles. The molecule has 176 valence electrons. The van der Waals surface area contributed by atoms with E-state index in [4.69, 9.17) is 0 Å². The minimum absolute atomic E-state index is 0.00303. The van der Waals surface area contributed by atoms with Crippen molar-refractivity contribution in [1.82, 2.24) is 25.3 Å². The Kier molecular flexibility index (Phi) is 6.49. The quantitative estimate of drug-likeness (QED) is 0.678. The van der Waals surface area contributed by atoms with Gasteiger partial charge < -0.3 is 15.5 Å². The molecule has 1 aromatic heterocycles. The van der Waals surface area contributed by atoms with Crippen molar-refractivity contribution in [3.63, 3.8) is 0 Å². The van der Waals surface area contributed by atoms with Crippen molar-refractivity contribution in [3.8, 4) is 0 Å². The molecule has 0 saturated heterocycles. The lowest BCUT2D eigenvalue weighted by Gasteiger charge is -2.41. The standard InChI is InChI=1S/C24H30FN5O3/c1-24(23(33)27-17-10-5-3-4-6-11-17)15-30-20(22(32)29(24)2)13-19(28-30)21(31)26-14-16-9-7-8-12-18(16)25/h7-9,12-13,17H,3-6,10-11,14-15H2,1-2H3,(H,26,31)(H,27,33). The SMILES string of the molecule is CN1C(=O)c2cc(C(=O)NCc3ccccc3F)nn2CC1(C)C(=O)NC1CCCCCC1. The summed E-state index contributed by atoms with van der Waals surface area (Å²) in [6.07, 6.45) is 6.43. The molecule has 1 atom stereocenters. The third kappa shape index (κ3) is 4.62. The van der Waals surface area contributed by atoms with Gasteiger partial charge in [0.2, 0.25) is 5.91 Å². The van der Waals surface area contributed by atoms with Crippen LogP contribution in [0.5, 0.6) is 0 Å². The maximum absolute atomic E-state index is 13.8. The Hall–Kier alpha value is -3.23. The molecular formula is C24H30FN5O3. The number of nitrogens with one attached hydrogen (secondary N) is 2. The zero-order valence-electron chi connectivity index (χ0n) is 19.1. The summed E-state index contributed by atoms with van der Waals surface area (Å²) in [6, 6.07) is 7.71. The lowest BCUT2D eigenvalue weighted by atomic mass is 9.95. The lowest BCUT2D eigenvalue weighted by molar-refractivity contribution is -0.133. The fourth-order valence-electron chi connectivity index (χ4n) is 4.51. The van der Waals surface area contributed by atoms with Gasteiger partial charge in [-0.15, -0.1) is 0 Å². The zero-order valence-corrected chi connectivity index (χ0v) is 19.1. The second-order valence-electron chi connectivity index (χ2n) is 9.15. The van der Waals surface area contributed by atoms with E-state index in [9.17, 15) is 18.8 Å². The number of nitrogens with zero attached hydrogens (tertiary/aromatic N) is 3. The minimum atomic E-state index is -1.12. The minimum Gasteiger partial charge on any atom is -0.351 e. The average Bonchev–Trinajstić information content (AvgIpc) is 3.05. The van der Waals surface area contributed by atoms with Gasteiger partial charge in [-0.25, -0.2) is 4.39 Å². The predicted molar refractivity (Wildman–Crippen MR) is 120 cm³/mol.